The van der Waals surface area contributed by atoms with Crippen molar-refractivity contribution in [2.45, 2.75) is 26.9 Å². The second-order valence-corrected chi connectivity index (χ2v) is 9.74. The summed E-state index contributed by atoms with van der Waals surface area (Å²) in [5.41, 5.74) is 6.65. The maximum atomic E-state index is 12.7. The van der Waals surface area contributed by atoms with Crippen LogP contribution in [0.25, 0.3) is 44.7 Å². The van der Waals surface area contributed by atoms with Gasteiger partial charge in [-0.1, -0.05) is 38.1 Å². The van der Waals surface area contributed by atoms with E-state index in [2.05, 4.69) is 68.9 Å². The zero-order valence-electron chi connectivity index (χ0n) is 20.6. The van der Waals surface area contributed by atoms with Gasteiger partial charge in [0.2, 0.25) is 0 Å². The molecule has 1 aliphatic heterocycles. The Kier molecular flexibility index (Phi) is 5.36. The minimum atomic E-state index is 0.0291. The fourth-order valence-corrected chi connectivity index (χ4v) is 4.91. The minimum absolute atomic E-state index is 0.0291. The second kappa shape index (κ2) is 8.71. The average Bonchev–Trinajstić information content (AvgIpc) is 3.51. The van der Waals surface area contributed by atoms with Crippen molar-refractivity contribution in [2.24, 2.45) is 5.92 Å². The van der Waals surface area contributed by atoms with E-state index in [1.807, 2.05) is 42.3 Å². The summed E-state index contributed by atoms with van der Waals surface area (Å²) in [7, 11) is 1.84. The molecule has 0 atom stereocenters. The monoisotopic (exact) mass is 477 g/mol. The number of nitrogens with zero attached hydrogens (tertiary/aromatic N) is 7. The molecule has 5 aromatic rings. The van der Waals surface area contributed by atoms with Gasteiger partial charge in [0, 0.05) is 67.3 Å². The van der Waals surface area contributed by atoms with Gasteiger partial charge in [0.1, 0.15) is 17.7 Å². The standard InChI is InChI=1S/C28H27N7O/c1-18(2)16-34-17-31-32-26(34)20-6-4-19(5-7-20)21-12-22(15-29-14-21)23-8-9-30-27-24(23)13-25-28(36)33(3)10-11-35(25)27/h4-9,12-15,17-18H,10-11,16H2,1-3H3. The van der Waals surface area contributed by atoms with Crippen molar-refractivity contribution >= 4 is 16.9 Å². The molecule has 4 aromatic heterocycles. The van der Waals surface area contributed by atoms with E-state index in [1.165, 1.54) is 0 Å². The minimum Gasteiger partial charge on any atom is -0.339 e. The number of hydrogen-bond donors (Lipinski definition) is 0. The van der Waals surface area contributed by atoms with Crippen LogP contribution in [0.3, 0.4) is 0 Å². The van der Waals surface area contributed by atoms with Crippen LogP contribution < -0.4 is 0 Å². The number of benzene rings is 1. The maximum Gasteiger partial charge on any atom is 0.270 e. The predicted octanol–water partition coefficient (Wildman–Crippen LogP) is 4.77. The molecule has 0 saturated carbocycles. The average molecular weight is 478 g/mol. The molecule has 1 aliphatic rings. The number of pyridine rings is 2. The third-order valence-corrected chi connectivity index (χ3v) is 6.72. The van der Waals surface area contributed by atoms with Crippen LogP contribution in [-0.4, -0.2) is 53.7 Å². The lowest BCUT2D eigenvalue weighted by atomic mass is 10.00. The highest BCUT2D eigenvalue weighted by Crippen LogP contribution is 2.33. The van der Waals surface area contributed by atoms with Gasteiger partial charge in [0.15, 0.2) is 5.82 Å². The number of hydrogen-bond acceptors (Lipinski definition) is 5. The van der Waals surface area contributed by atoms with Gasteiger partial charge in [-0.15, -0.1) is 10.2 Å². The summed E-state index contributed by atoms with van der Waals surface area (Å²) in [6.45, 7) is 6.67. The number of amides is 1. The van der Waals surface area contributed by atoms with E-state index in [1.54, 1.807) is 11.2 Å². The first kappa shape index (κ1) is 22.2. The molecule has 180 valence electrons. The Morgan fingerprint density at radius 3 is 2.53 bits per heavy atom. The molecule has 0 radical (unpaired) electrons. The molecule has 5 heterocycles. The van der Waals surface area contributed by atoms with Gasteiger partial charge in [-0.2, -0.15) is 0 Å². The van der Waals surface area contributed by atoms with Gasteiger partial charge in [-0.05, 0) is 35.2 Å². The maximum absolute atomic E-state index is 12.7. The van der Waals surface area contributed by atoms with Crippen molar-refractivity contribution in [1.82, 2.24) is 34.2 Å². The Morgan fingerprint density at radius 2 is 1.72 bits per heavy atom. The number of fused-ring (bicyclic) bond motifs is 3. The summed E-state index contributed by atoms with van der Waals surface area (Å²) >= 11 is 0. The van der Waals surface area contributed by atoms with Crippen LogP contribution in [0.5, 0.6) is 0 Å². The lowest BCUT2D eigenvalue weighted by Gasteiger charge is -2.24. The van der Waals surface area contributed by atoms with E-state index >= 15 is 0 Å². The lowest BCUT2D eigenvalue weighted by molar-refractivity contribution is 0.0751. The van der Waals surface area contributed by atoms with Crippen molar-refractivity contribution in [3.8, 4) is 33.6 Å². The molecule has 8 nitrogen and oxygen atoms in total. The molecule has 0 N–H and O–H groups in total. The number of carbonyl (C=O) groups is 1. The van der Waals surface area contributed by atoms with Crippen LogP contribution >= 0.6 is 0 Å². The normalized spacial score (nSPS) is 13.6. The number of rotatable bonds is 5. The van der Waals surface area contributed by atoms with Crippen molar-refractivity contribution < 1.29 is 4.79 Å². The van der Waals surface area contributed by atoms with E-state index in [0.717, 1.165) is 57.8 Å². The van der Waals surface area contributed by atoms with Crippen LogP contribution in [0, 0.1) is 5.92 Å². The molecule has 1 aromatic carbocycles. The van der Waals surface area contributed by atoms with Crippen molar-refractivity contribution in [1.29, 1.82) is 0 Å². The van der Waals surface area contributed by atoms with Crippen LogP contribution in [0.15, 0.2) is 67.4 Å². The van der Waals surface area contributed by atoms with Gasteiger partial charge in [-0.25, -0.2) is 4.98 Å². The van der Waals surface area contributed by atoms with Crippen LogP contribution in [-0.2, 0) is 13.1 Å². The highest BCUT2D eigenvalue weighted by Gasteiger charge is 2.25. The zero-order valence-corrected chi connectivity index (χ0v) is 20.6. The number of likely N-dealkylation sites (N-methyl/N-ethyl adjacent to an activating group) is 1. The summed E-state index contributed by atoms with van der Waals surface area (Å²) in [6, 6.07) is 14.5. The van der Waals surface area contributed by atoms with Crippen LogP contribution in [0.2, 0.25) is 0 Å². The third-order valence-electron chi connectivity index (χ3n) is 6.72. The number of carbonyl (C=O) groups excluding carboxylic acids is 1. The zero-order chi connectivity index (χ0) is 24.8. The Hall–Kier alpha value is -4.33. The van der Waals surface area contributed by atoms with Crippen molar-refractivity contribution in [3.63, 3.8) is 0 Å². The first-order valence-corrected chi connectivity index (χ1v) is 12.2. The Bertz CT molecular complexity index is 1580. The van der Waals surface area contributed by atoms with Gasteiger partial charge < -0.3 is 14.0 Å². The van der Waals surface area contributed by atoms with E-state index < -0.39 is 0 Å². The SMILES string of the molecule is CC(C)Cn1cnnc1-c1ccc(-c2cncc(-c3ccnc4c3cc3n4CCN(C)C3=O)c2)cc1. The van der Waals surface area contributed by atoms with Gasteiger partial charge in [0.25, 0.3) is 5.91 Å². The summed E-state index contributed by atoms with van der Waals surface area (Å²) < 4.78 is 4.12. The van der Waals surface area contributed by atoms with E-state index in [9.17, 15) is 4.79 Å². The topological polar surface area (TPSA) is 81.7 Å². The first-order chi connectivity index (χ1) is 17.5. The Morgan fingerprint density at radius 1 is 0.944 bits per heavy atom. The van der Waals surface area contributed by atoms with Gasteiger partial charge >= 0.3 is 0 Å². The first-order valence-electron chi connectivity index (χ1n) is 12.2. The highest BCUT2D eigenvalue weighted by molar-refractivity contribution is 6.03. The molecule has 6 rings (SSSR count). The second-order valence-electron chi connectivity index (χ2n) is 9.74. The summed E-state index contributed by atoms with van der Waals surface area (Å²) in [6.07, 6.45) is 7.34. The van der Waals surface area contributed by atoms with Crippen LogP contribution in [0.1, 0.15) is 24.3 Å². The summed E-state index contributed by atoms with van der Waals surface area (Å²) in [5.74, 6) is 1.42. The smallest absolute Gasteiger partial charge is 0.270 e. The molecule has 0 unspecified atom stereocenters. The molecular weight excluding hydrogens is 450 g/mol. The molecule has 0 bridgehead atoms. The van der Waals surface area contributed by atoms with Crippen molar-refractivity contribution in [2.75, 3.05) is 13.6 Å². The highest BCUT2D eigenvalue weighted by atomic mass is 16.2. The molecule has 0 saturated heterocycles. The third kappa shape index (κ3) is 3.75. The van der Waals surface area contributed by atoms with Crippen LogP contribution in [0.4, 0.5) is 0 Å². The van der Waals surface area contributed by atoms with E-state index in [4.69, 9.17) is 0 Å². The van der Waals surface area contributed by atoms with E-state index in [0.29, 0.717) is 18.2 Å². The molecule has 8 heteroatoms. The van der Waals surface area contributed by atoms with Crippen molar-refractivity contribution in [3.05, 3.63) is 73.1 Å². The summed E-state index contributed by atoms with van der Waals surface area (Å²) in [5, 5.41) is 9.40. The predicted molar refractivity (Wildman–Crippen MR) is 139 cm³/mol. The molecular formula is C28H27N7O. The van der Waals surface area contributed by atoms with E-state index in [-0.39, 0.29) is 5.91 Å². The molecule has 36 heavy (non-hydrogen) atoms. The largest absolute Gasteiger partial charge is 0.339 e. The molecule has 0 fully saturated rings. The number of aromatic nitrogens is 6. The fraction of sp³-hybridized carbons (Fsp3) is 0.250. The lowest BCUT2D eigenvalue weighted by Crippen LogP contribution is -2.36. The molecule has 1 amide bonds. The fourth-order valence-electron chi connectivity index (χ4n) is 4.91. The molecule has 0 aliphatic carbocycles. The summed E-state index contributed by atoms with van der Waals surface area (Å²) in [4.78, 5) is 23.6. The quantitative estimate of drug-likeness (QED) is 0.364. The molecule has 0 spiro atoms. The Labute approximate surface area is 209 Å². The Balaban J connectivity index is 1.36. The van der Waals surface area contributed by atoms with Gasteiger partial charge in [-0.3, -0.25) is 9.78 Å². The van der Waals surface area contributed by atoms with Gasteiger partial charge in [0.05, 0.1) is 0 Å².